The van der Waals surface area contributed by atoms with Crippen LogP contribution in [0.25, 0.3) is 0 Å². The van der Waals surface area contributed by atoms with Gasteiger partial charge in [0, 0.05) is 44.0 Å². The van der Waals surface area contributed by atoms with Crippen molar-refractivity contribution in [2.75, 3.05) is 49.1 Å². The Balaban J connectivity index is 1.58. The third-order valence-electron chi connectivity index (χ3n) is 5.06. The third-order valence-corrected chi connectivity index (χ3v) is 5.06. The quantitative estimate of drug-likeness (QED) is 0.919. The summed E-state index contributed by atoms with van der Waals surface area (Å²) in [5.74, 6) is 1.01. The Kier molecular flexibility index (Phi) is 3.52. The van der Waals surface area contributed by atoms with Crippen LogP contribution >= 0.6 is 0 Å². The summed E-state index contributed by atoms with van der Waals surface area (Å²) >= 11 is 0. The van der Waals surface area contributed by atoms with Crippen LogP contribution in [-0.2, 0) is 0 Å². The number of anilines is 2. The van der Waals surface area contributed by atoms with E-state index in [1.54, 1.807) is 0 Å². The fraction of sp³-hybridized carbons (Fsp3) is 0.300. The predicted octanol–water partition coefficient (Wildman–Crippen LogP) is 2.45. The number of fused-ring (bicyclic) bond motifs is 3. The van der Waals surface area contributed by atoms with Gasteiger partial charge >= 0.3 is 0 Å². The second-order valence-corrected chi connectivity index (χ2v) is 6.59. The van der Waals surface area contributed by atoms with Gasteiger partial charge in [-0.15, -0.1) is 0 Å². The van der Waals surface area contributed by atoms with E-state index in [0.29, 0.717) is 0 Å². The van der Waals surface area contributed by atoms with E-state index in [2.05, 4.69) is 57.6 Å². The number of benzene rings is 2. The fourth-order valence-corrected chi connectivity index (χ4v) is 3.79. The average molecular weight is 331 g/mol. The molecule has 5 rings (SSSR count). The van der Waals surface area contributed by atoms with Crippen LogP contribution in [0.15, 0.2) is 58.5 Å². The van der Waals surface area contributed by atoms with Crippen molar-refractivity contribution in [3.8, 4) is 0 Å². The van der Waals surface area contributed by atoms with Crippen molar-refractivity contribution in [3.63, 3.8) is 0 Å². The number of hydrogen-bond donors (Lipinski definition) is 1. The maximum Gasteiger partial charge on any atom is 0.155 e. The first kappa shape index (κ1) is 14.7. The number of piperazine rings is 1. The maximum absolute atomic E-state index is 4.96. The second kappa shape index (κ2) is 6.01. The van der Waals surface area contributed by atoms with Crippen LogP contribution in [0, 0.1) is 0 Å². The Labute approximate surface area is 147 Å². The normalized spacial score (nSPS) is 19.2. The van der Waals surface area contributed by atoms with Crippen molar-refractivity contribution in [3.05, 3.63) is 54.1 Å². The van der Waals surface area contributed by atoms with Crippen molar-refractivity contribution in [2.45, 2.75) is 0 Å². The van der Waals surface area contributed by atoms with Crippen molar-refractivity contribution < 1.29 is 0 Å². The van der Waals surface area contributed by atoms with E-state index in [1.165, 1.54) is 11.4 Å². The zero-order chi connectivity index (χ0) is 16.6. The molecule has 5 nitrogen and oxygen atoms in total. The summed E-state index contributed by atoms with van der Waals surface area (Å²) in [7, 11) is 0. The molecule has 0 bridgehead atoms. The van der Waals surface area contributed by atoms with Gasteiger partial charge in [-0.3, -0.25) is 4.99 Å². The van der Waals surface area contributed by atoms with Crippen molar-refractivity contribution in [1.29, 1.82) is 0 Å². The molecule has 3 aliphatic heterocycles. The zero-order valence-electron chi connectivity index (χ0n) is 14.2. The van der Waals surface area contributed by atoms with Gasteiger partial charge in [-0.1, -0.05) is 30.3 Å². The molecule has 126 valence electrons. The van der Waals surface area contributed by atoms with Gasteiger partial charge in [-0.25, -0.2) is 4.99 Å². The number of nitrogens with zero attached hydrogens (tertiary/aromatic N) is 4. The standard InChI is InChI=1S/C20H21N5/c1-2-4-15(5-3-1)19-20-22-10-13-25(20)18-14-16(6-7-17(18)23-19)24-11-8-21-9-12-24/h1-7,14,21H,8-13H2. The van der Waals surface area contributed by atoms with Crippen LogP contribution in [0.4, 0.5) is 17.1 Å². The molecule has 2 aromatic rings. The Bertz CT molecular complexity index is 850. The highest BCUT2D eigenvalue weighted by atomic mass is 15.3. The van der Waals surface area contributed by atoms with Gasteiger partial charge in [0.05, 0.1) is 17.9 Å². The number of amidine groups is 1. The van der Waals surface area contributed by atoms with Gasteiger partial charge in [0.2, 0.25) is 0 Å². The van der Waals surface area contributed by atoms with E-state index in [1.807, 2.05) is 6.07 Å². The van der Waals surface area contributed by atoms with Crippen molar-refractivity contribution >= 4 is 28.6 Å². The van der Waals surface area contributed by atoms with Crippen molar-refractivity contribution in [2.24, 2.45) is 9.98 Å². The van der Waals surface area contributed by atoms with Crippen LogP contribution in [-0.4, -0.2) is 50.8 Å². The molecule has 0 unspecified atom stereocenters. The van der Waals surface area contributed by atoms with Crippen LogP contribution in [0.3, 0.4) is 0 Å². The summed E-state index contributed by atoms with van der Waals surface area (Å²) in [6.07, 6.45) is 0. The molecule has 5 heteroatoms. The molecule has 25 heavy (non-hydrogen) atoms. The zero-order valence-corrected chi connectivity index (χ0v) is 14.2. The van der Waals surface area contributed by atoms with Gasteiger partial charge in [0.1, 0.15) is 5.71 Å². The first-order valence-corrected chi connectivity index (χ1v) is 8.96. The first-order valence-electron chi connectivity index (χ1n) is 8.96. The van der Waals surface area contributed by atoms with E-state index in [4.69, 9.17) is 9.98 Å². The number of aliphatic imine (C=N–C) groups is 2. The largest absolute Gasteiger partial charge is 0.369 e. The predicted molar refractivity (Wildman–Crippen MR) is 104 cm³/mol. The molecule has 0 atom stereocenters. The van der Waals surface area contributed by atoms with Crippen LogP contribution in [0.1, 0.15) is 5.56 Å². The topological polar surface area (TPSA) is 43.2 Å². The molecule has 0 radical (unpaired) electrons. The second-order valence-electron chi connectivity index (χ2n) is 6.59. The van der Waals surface area contributed by atoms with Crippen LogP contribution in [0.2, 0.25) is 0 Å². The van der Waals surface area contributed by atoms with Crippen LogP contribution in [0.5, 0.6) is 0 Å². The molecular weight excluding hydrogens is 310 g/mol. The lowest BCUT2D eigenvalue weighted by molar-refractivity contribution is 0.589. The molecule has 3 aliphatic rings. The van der Waals surface area contributed by atoms with E-state index in [9.17, 15) is 0 Å². The van der Waals surface area contributed by atoms with Crippen molar-refractivity contribution in [1.82, 2.24) is 5.32 Å². The molecule has 2 aromatic carbocycles. The molecule has 1 fully saturated rings. The molecule has 1 saturated heterocycles. The van der Waals surface area contributed by atoms with Gasteiger partial charge in [-0.2, -0.15) is 0 Å². The molecule has 0 spiro atoms. The van der Waals surface area contributed by atoms with Gasteiger partial charge < -0.3 is 15.1 Å². The Hall–Kier alpha value is -2.66. The molecule has 0 saturated carbocycles. The number of nitrogens with one attached hydrogen (secondary N) is 1. The Morgan fingerprint density at radius 3 is 2.60 bits per heavy atom. The molecule has 0 aromatic heterocycles. The minimum absolute atomic E-state index is 0.832. The molecule has 3 heterocycles. The molecular formula is C20H21N5. The SMILES string of the molecule is c1ccc(C2=Nc3ccc(N4CCNCC4)cc3N3CCN=C23)cc1. The summed E-state index contributed by atoms with van der Waals surface area (Å²) in [5.41, 5.74) is 5.63. The minimum Gasteiger partial charge on any atom is -0.369 e. The first-order chi connectivity index (χ1) is 12.4. The van der Waals surface area contributed by atoms with E-state index >= 15 is 0 Å². The van der Waals surface area contributed by atoms with E-state index < -0.39 is 0 Å². The minimum atomic E-state index is 0.832. The lowest BCUT2D eigenvalue weighted by Gasteiger charge is -2.32. The summed E-state index contributed by atoms with van der Waals surface area (Å²) in [5, 5.41) is 3.41. The van der Waals surface area contributed by atoms with E-state index in [0.717, 1.165) is 62.1 Å². The lowest BCUT2D eigenvalue weighted by atomic mass is 10.1. The molecule has 0 amide bonds. The lowest BCUT2D eigenvalue weighted by Crippen LogP contribution is -2.43. The summed E-state index contributed by atoms with van der Waals surface area (Å²) in [6, 6.07) is 17.0. The highest BCUT2D eigenvalue weighted by Gasteiger charge is 2.30. The monoisotopic (exact) mass is 331 g/mol. The van der Waals surface area contributed by atoms with Gasteiger partial charge in [0.15, 0.2) is 5.84 Å². The Morgan fingerprint density at radius 2 is 1.76 bits per heavy atom. The summed E-state index contributed by atoms with van der Waals surface area (Å²) in [4.78, 5) is 14.5. The number of hydrogen-bond acceptors (Lipinski definition) is 5. The van der Waals surface area contributed by atoms with Gasteiger partial charge in [0.25, 0.3) is 0 Å². The van der Waals surface area contributed by atoms with Crippen LogP contribution < -0.4 is 15.1 Å². The van der Waals surface area contributed by atoms with Gasteiger partial charge in [-0.05, 0) is 18.2 Å². The Morgan fingerprint density at radius 1 is 0.920 bits per heavy atom. The third kappa shape index (κ3) is 2.51. The average Bonchev–Trinajstić information content (AvgIpc) is 3.18. The maximum atomic E-state index is 4.96. The highest BCUT2D eigenvalue weighted by molar-refractivity contribution is 6.53. The molecule has 0 aliphatic carbocycles. The smallest absolute Gasteiger partial charge is 0.155 e. The fourth-order valence-electron chi connectivity index (χ4n) is 3.79. The van der Waals surface area contributed by atoms with E-state index in [-0.39, 0.29) is 0 Å². The highest BCUT2D eigenvalue weighted by Crippen LogP contribution is 2.38. The molecule has 1 N–H and O–H groups in total. The number of rotatable bonds is 2. The summed E-state index contributed by atoms with van der Waals surface area (Å²) < 4.78 is 0. The summed E-state index contributed by atoms with van der Waals surface area (Å²) in [6.45, 7) is 5.96.